The van der Waals surface area contributed by atoms with Crippen LogP contribution in [0.3, 0.4) is 0 Å². The molecule has 2 spiro atoms. The third-order valence-corrected chi connectivity index (χ3v) is 10.3. The third kappa shape index (κ3) is 2.53. The van der Waals surface area contributed by atoms with Crippen LogP contribution >= 0.6 is 0 Å². The van der Waals surface area contributed by atoms with E-state index in [0.29, 0.717) is 12.8 Å². The molecule has 4 saturated carbocycles. The standard InChI is InChI=1S/C25H36O7/c1-13(26)18-8-11-25-23(18,5)21(31-15(3)28)19(30-14(2)27)20-22(4)9-7-17(29)12-16(22)6-10-24(20,25)32-25/h16-21,29H,6-12H2,1-5H3. The van der Waals surface area contributed by atoms with Crippen molar-refractivity contribution in [2.45, 2.75) is 109 Å². The van der Waals surface area contributed by atoms with Crippen molar-refractivity contribution in [2.75, 3.05) is 0 Å². The fourth-order valence-corrected chi connectivity index (χ4v) is 9.11. The number of rotatable bonds is 3. The van der Waals surface area contributed by atoms with Gasteiger partial charge in [0, 0.05) is 31.1 Å². The summed E-state index contributed by atoms with van der Waals surface area (Å²) in [6.07, 6.45) is 3.69. The second kappa shape index (κ2) is 6.78. The molecule has 178 valence electrons. The van der Waals surface area contributed by atoms with E-state index in [1.54, 1.807) is 6.92 Å². The number of hydrogen-bond acceptors (Lipinski definition) is 7. The summed E-state index contributed by atoms with van der Waals surface area (Å²) < 4.78 is 18.9. The second-order valence-electron chi connectivity index (χ2n) is 11.6. The van der Waals surface area contributed by atoms with E-state index < -0.39 is 40.8 Å². The van der Waals surface area contributed by atoms with Crippen molar-refractivity contribution < 1.29 is 33.7 Å². The Labute approximate surface area is 189 Å². The minimum absolute atomic E-state index is 0.0629. The molecule has 1 N–H and O–H groups in total. The van der Waals surface area contributed by atoms with Gasteiger partial charge in [0.15, 0.2) is 0 Å². The van der Waals surface area contributed by atoms with Crippen LogP contribution in [0.25, 0.3) is 0 Å². The van der Waals surface area contributed by atoms with Crippen LogP contribution in [0, 0.1) is 28.6 Å². The topological polar surface area (TPSA) is 102 Å². The average Bonchev–Trinajstić information content (AvgIpc) is 3.23. The summed E-state index contributed by atoms with van der Waals surface area (Å²) >= 11 is 0. The molecule has 1 saturated heterocycles. The number of aliphatic hydroxyl groups excluding tert-OH is 1. The number of epoxide rings is 1. The summed E-state index contributed by atoms with van der Waals surface area (Å²) in [7, 11) is 0. The van der Waals surface area contributed by atoms with Crippen LogP contribution < -0.4 is 0 Å². The predicted molar refractivity (Wildman–Crippen MR) is 113 cm³/mol. The molecule has 0 aromatic rings. The van der Waals surface area contributed by atoms with E-state index in [1.807, 2.05) is 6.92 Å². The summed E-state index contributed by atoms with van der Waals surface area (Å²) in [5.74, 6) is -0.973. The van der Waals surface area contributed by atoms with Crippen LogP contribution in [0.1, 0.15) is 79.6 Å². The summed E-state index contributed by atoms with van der Waals surface area (Å²) in [6.45, 7) is 8.62. The number of fused-ring (bicyclic) bond motifs is 2. The molecule has 5 rings (SSSR count). The van der Waals surface area contributed by atoms with E-state index >= 15 is 0 Å². The lowest BCUT2D eigenvalue weighted by molar-refractivity contribution is -0.224. The van der Waals surface area contributed by atoms with E-state index in [2.05, 4.69) is 6.92 Å². The van der Waals surface area contributed by atoms with E-state index in [-0.39, 0.29) is 35.1 Å². The van der Waals surface area contributed by atoms with Gasteiger partial charge in [-0.3, -0.25) is 14.4 Å². The first-order valence-electron chi connectivity index (χ1n) is 12.2. The van der Waals surface area contributed by atoms with E-state index in [0.717, 1.165) is 32.1 Å². The molecule has 0 bridgehead atoms. The predicted octanol–water partition coefficient (Wildman–Crippen LogP) is 2.95. The van der Waals surface area contributed by atoms with E-state index in [9.17, 15) is 19.5 Å². The van der Waals surface area contributed by atoms with Gasteiger partial charge in [-0.1, -0.05) is 13.8 Å². The Morgan fingerprint density at radius 3 is 2.25 bits per heavy atom. The third-order valence-electron chi connectivity index (χ3n) is 10.3. The Kier molecular flexibility index (Phi) is 4.73. The molecule has 10 unspecified atom stereocenters. The maximum absolute atomic E-state index is 12.8. The lowest BCUT2D eigenvalue weighted by Crippen LogP contribution is -2.70. The SMILES string of the molecule is CC(=O)OC1C2C3(C)CCC(O)CC3CCC23OC32CCC(C(C)=O)C2(C)C1OC(C)=O. The molecule has 5 fully saturated rings. The van der Waals surface area contributed by atoms with Gasteiger partial charge in [0.1, 0.15) is 29.2 Å². The summed E-state index contributed by atoms with van der Waals surface area (Å²) in [4.78, 5) is 37.4. The monoisotopic (exact) mass is 448 g/mol. The zero-order chi connectivity index (χ0) is 23.3. The molecule has 4 aliphatic carbocycles. The first kappa shape index (κ1) is 22.3. The first-order chi connectivity index (χ1) is 14.9. The largest absolute Gasteiger partial charge is 0.458 e. The Balaban J connectivity index is 1.69. The smallest absolute Gasteiger partial charge is 0.303 e. The number of aliphatic hydroxyl groups is 1. The summed E-state index contributed by atoms with van der Waals surface area (Å²) in [5.41, 5.74) is -2.01. The number of hydrogen-bond donors (Lipinski definition) is 1. The number of carbonyl (C=O) groups is 3. The molecule has 5 aliphatic rings. The minimum Gasteiger partial charge on any atom is -0.458 e. The molecule has 10 atom stereocenters. The van der Waals surface area contributed by atoms with Crippen LogP contribution in [0.2, 0.25) is 0 Å². The summed E-state index contributed by atoms with van der Waals surface area (Å²) in [5, 5.41) is 10.4. The number of ether oxygens (including phenoxy) is 3. The van der Waals surface area contributed by atoms with Gasteiger partial charge < -0.3 is 19.3 Å². The van der Waals surface area contributed by atoms with Crippen LogP contribution in [0.5, 0.6) is 0 Å². The Bertz CT molecular complexity index is 870. The maximum atomic E-state index is 12.8. The highest BCUT2D eigenvalue weighted by molar-refractivity contribution is 5.81. The van der Waals surface area contributed by atoms with Gasteiger partial charge in [0.25, 0.3) is 0 Å². The van der Waals surface area contributed by atoms with Crippen molar-refractivity contribution in [3.05, 3.63) is 0 Å². The van der Waals surface area contributed by atoms with Crippen molar-refractivity contribution in [2.24, 2.45) is 28.6 Å². The van der Waals surface area contributed by atoms with Crippen LogP contribution in [0.15, 0.2) is 0 Å². The molecule has 32 heavy (non-hydrogen) atoms. The highest BCUT2D eigenvalue weighted by atomic mass is 16.7. The number of esters is 2. The zero-order valence-corrected chi connectivity index (χ0v) is 19.8. The summed E-state index contributed by atoms with van der Waals surface area (Å²) in [6, 6.07) is 0. The molecule has 0 radical (unpaired) electrons. The molecule has 0 amide bonds. The fraction of sp³-hybridized carbons (Fsp3) is 0.880. The molecule has 1 heterocycles. The fourth-order valence-electron chi connectivity index (χ4n) is 9.11. The number of ketones is 1. The Morgan fingerprint density at radius 1 is 0.938 bits per heavy atom. The van der Waals surface area contributed by atoms with Crippen molar-refractivity contribution in [3.8, 4) is 0 Å². The van der Waals surface area contributed by atoms with Crippen molar-refractivity contribution in [1.29, 1.82) is 0 Å². The van der Waals surface area contributed by atoms with E-state index in [1.165, 1.54) is 13.8 Å². The van der Waals surface area contributed by atoms with Gasteiger partial charge >= 0.3 is 11.9 Å². The number of Topliss-reactive ketones (excluding diaryl/α,β-unsaturated/α-hetero) is 1. The minimum atomic E-state index is -0.751. The van der Waals surface area contributed by atoms with Crippen molar-refractivity contribution in [1.82, 2.24) is 0 Å². The van der Waals surface area contributed by atoms with Gasteiger partial charge in [0.05, 0.1) is 6.10 Å². The number of carbonyl (C=O) groups excluding carboxylic acids is 3. The van der Waals surface area contributed by atoms with Gasteiger partial charge in [-0.05, 0) is 63.2 Å². The average molecular weight is 449 g/mol. The molecule has 7 nitrogen and oxygen atoms in total. The molecular weight excluding hydrogens is 412 g/mol. The molecule has 0 aromatic heterocycles. The lowest BCUT2D eigenvalue weighted by Gasteiger charge is -2.61. The molecule has 7 heteroatoms. The Morgan fingerprint density at radius 2 is 1.62 bits per heavy atom. The molecule has 0 aromatic carbocycles. The van der Waals surface area contributed by atoms with Crippen molar-refractivity contribution in [3.63, 3.8) is 0 Å². The Hall–Kier alpha value is -1.47. The molecular formula is C25H36O7. The highest BCUT2D eigenvalue weighted by Crippen LogP contribution is 2.81. The highest BCUT2D eigenvalue weighted by Gasteiger charge is 2.91. The van der Waals surface area contributed by atoms with Gasteiger partial charge in [-0.15, -0.1) is 0 Å². The maximum Gasteiger partial charge on any atom is 0.303 e. The molecule has 1 aliphatic heterocycles. The lowest BCUT2D eigenvalue weighted by atomic mass is 9.43. The van der Waals surface area contributed by atoms with Gasteiger partial charge in [0.2, 0.25) is 0 Å². The van der Waals surface area contributed by atoms with E-state index in [4.69, 9.17) is 14.2 Å². The van der Waals surface area contributed by atoms with Crippen molar-refractivity contribution >= 4 is 17.7 Å². The van der Waals surface area contributed by atoms with Crippen LogP contribution in [-0.2, 0) is 28.6 Å². The normalized spacial score (nSPS) is 53.2. The first-order valence-corrected chi connectivity index (χ1v) is 12.2. The second-order valence-corrected chi connectivity index (χ2v) is 11.6. The van der Waals surface area contributed by atoms with Gasteiger partial charge in [-0.25, -0.2) is 0 Å². The zero-order valence-electron chi connectivity index (χ0n) is 19.8. The van der Waals surface area contributed by atoms with Crippen LogP contribution in [-0.4, -0.2) is 52.3 Å². The quantitative estimate of drug-likeness (QED) is 0.523. The van der Waals surface area contributed by atoms with Gasteiger partial charge in [-0.2, -0.15) is 0 Å². The van der Waals surface area contributed by atoms with Crippen LogP contribution in [0.4, 0.5) is 0 Å².